The predicted octanol–water partition coefficient (Wildman–Crippen LogP) is 1.74. The summed E-state index contributed by atoms with van der Waals surface area (Å²) in [6.07, 6.45) is 1.39. The number of aliphatic hydroxyl groups excluding tert-OH is 2. The van der Waals surface area contributed by atoms with E-state index in [1.165, 1.54) is 22.0 Å². The van der Waals surface area contributed by atoms with Crippen molar-refractivity contribution in [2.45, 2.75) is 61.6 Å². The van der Waals surface area contributed by atoms with Crippen LogP contribution in [-0.2, 0) is 9.53 Å². The van der Waals surface area contributed by atoms with Crippen LogP contribution >= 0.6 is 11.8 Å². The van der Waals surface area contributed by atoms with Crippen LogP contribution in [0.5, 0.6) is 0 Å². The van der Waals surface area contributed by atoms with E-state index in [0.29, 0.717) is 54.2 Å². The van der Waals surface area contributed by atoms with Crippen LogP contribution in [-0.4, -0.2) is 85.3 Å². The average Bonchev–Trinajstić information content (AvgIpc) is 3.46. The van der Waals surface area contributed by atoms with Crippen LogP contribution in [0.25, 0.3) is 11.2 Å². The lowest BCUT2D eigenvalue weighted by atomic mass is 10.0. The lowest BCUT2D eigenvalue weighted by molar-refractivity contribution is -0.128. The SMILES string of the molecule is CCOCCCNC(=O)[C@@H]1C[C@H](n2nnc3c(NC4CC4c4ccccc4)nc(SC)nc32)[C@@H](O)[C@H]1O. The number of ether oxygens (including phenoxy) is 1. The van der Waals surface area contributed by atoms with Crippen molar-refractivity contribution >= 4 is 34.7 Å². The highest BCUT2D eigenvalue weighted by molar-refractivity contribution is 7.98. The number of carbonyl (C=O) groups is 1. The summed E-state index contributed by atoms with van der Waals surface area (Å²) >= 11 is 1.40. The summed E-state index contributed by atoms with van der Waals surface area (Å²) < 4.78 is 6.82. The van der Waals surface area contributed by atoms with E-state index in [2.05, 4.69) is 43.0 Å². The normalized spacial score (nSPS) is 26.9. The number of hydrogen-bond acceptors (Lipinski definition) is 10. The fraction of sp³-hybridized carbons (Fsp3) is 0.560. The molecule has 4 N–H and O–H groups in total. The van der Waals surface area contributed by atoms with Gasteiger partial charge >= 0.3 is 0 Å². The van der Waals surface area contributed by atoms with Crippen LogP contribution in [0.15, 0.2) is 35.5 Å². The molecule has 0 saturated heterocycles. The first-order chi connectivity index (χ1) is 18.0. The first-order valence-corrected chi connectivity index (χ1v) is 13.9. The van der Waals surface area contributed by atoms with Gasteiger partial charge in [-0.2, -0.15) is 0 Å². The second-order valence-corrected chi connectivity index (χ2v) is 10.3. The number of benzene rings is 1. The lowest BCUT2D eigenvalue weighted by Crippen LogP contribution is -2.38. The molecule has 2 heterocycles. The first-order valence-electron chi connectivity index (χ1n) is 12.7. The molecule has 3 aromatic rings. The van der Waals surface area contributed by atoms with E-state index in [-0.39, 0.29) is 18.4 Å². The number of anilines is 1. The molecule has 2 fully saturated rings. The van der Waals surface area contributed by atoms with Gasteiger partial charge in [0.1, 0.15) is 6.10 Å². The Morgan fingerprint density at radius 1 is 1.19 bits per heavy atom. The van der Waals surface area contributed by atoms with Gasteiger partial charge in [-0.15, -0.1) is 5.10 Å². The highest BCUT2D eigenvalue weighted by Crippen LogP contribution is 2.43. The first kappa shape index (κ1) is 25.8. The molecule has 2 aromatic heterocycles. The van der Waals surface area contributed by atoms with Gasteiger partial charge in [0.25, 0.3) is 0 Å². The molecule has 0 spiro atoms. The number of rotatable bonds is 11. The maximum Gasteiger partial charge on any atom is 0.225 e. The molecular formula is C25H33N7O4S. The minimum atomic E-state index is -1.21. The van der Waals surface area contributed by atoms with Crippen molar-refractivity contribution in [3.63, 3.8) is 0 Å². The zero-order valence-electron chi connectivity index (χ0n) is 20.9. The minimum absolute atomic E-state index is 0.220. The fourth-order valence-corrected chi connectivity index (χ4v) is 5.36. The van der Waals surface area contributed by atoms with Crippen molar-refractivity contribution in [1.82, 2.24) is 30.3 Å². The smallest absolute Gasteiger partial charge is 0.225 e. The standard InChI is InChI=1S/C25H33N7O4S/c1-3-36-11-7-10-26-24(35)16-13-18(21(34)20(16)33)32-23-19(30-31-32)22(28-25(29-23)37-2)27-17-12-15(17)14-8-5-4-6-9-14/h4-6,8-9,15-18,20-21,33-34H,3,7,10-13H2,1-2H3,(H,26,35)(H,27,28,29)/t15?,16-,17?,18+,20+,21-/m1/s1. The van der Waals surface area contributed by atoms with Gasteiger partial charge in [-0.05, 0) is 38.0 Å². The molecule has 12 heteroatoms. The van der Waals surface area contributed by atoms with Crippen molar-refractivity contribution in [3.05, 3.63) is 35.9 Å². The molecule has 2 aliphatic rings. The number of thioether (sulfide) groups is 1. The maximum atomic E-state index is 12.7. The third-order valence-corrected chi connectivity index (χ3v) is 7.65. The molecule has 0 radical (unpaired) electrons. The van der Waals surface area contributed by atoms with Gasteiger partial charge in [-0.3, -0.25) is 4.79 Å². The topological polar surface area (TPSA) is 147 Å². The van der Waals surface area contributed by atoms with Crippen LogP contribution in [0.2, 0.25) is 0 Å². The Bertz CT molecular complexity index is 1230. The van der Waals surface area contributed by atoms with Gasteiger partial charge in [-0.25, -0.2) is 14.6 Å². The minimum Gasteiger partial charge on any atom is -0.390 e. The van der Waals surface area contributed by atoms with Crippen molar-refractivity contribution in [3.8, 4) is 0 Å². The van der Waals surface area contributed by atoms with Crippen LogP contribution < -0.4 is 10.6 Å². The molecule has 198 valence electrons. The van der Waals surface area contributed by atoms with Crippen LogP contribution in [0.4, 0.5) is 5.82 Å². The largest absolute Gasteiger partial charge is 0.390 e. The van der Waals surface area contributed by atoms with E-state index in [0.717, 1.165) is 6.42 Å². The Hall–Kier alpha value is -2.80. The molecule has 2 unspecified atom stereocenters. The second kappa shape index (κ2) is 11.3. The second-order valence-electron chi connectivity index (χ2n) is 9.50. The number of nitrogens with one attached hydrogen (secondary N) is 2. The van der Waals surface area contributed by atoms with Crippen molar-refractivity contribution in [2.24, 2.45) is 5.92 Å². The van der Waals surface area contributed by atoms with Crippen molar-refractivity contribution in [2.75, 3.05) is 31.3 Å². The van der Waals surface area contributed by atoms with Crippen LogP contribution in [0.3, 0.4) is 0 Å². The number of carbonyl (C=O) groups excluding carboxylic acids is 1. The molecule has 1 amide bonds. The van der Waals surface area contributed by atoms with E-state index >= 15 is 0 Å². The molecule has 11 nitrogen and oxygen atoms in total. The van der Waals surface area contributed by atoms with Gasteiger partial charge in [0.2, 0.25) is 5.91 Å². The Balaban J connectivity index is 1.33. The molecule has 0 aliphatic heterocycles. The van der Waals surface area contributed by atoms with Crippen LogP contribution in [0.1, 0.15) is 43.7 Å². The molecule has 2 saturated carbocycles. The van der Waals surface area contributed by atoms with Gasteiger partial charge < -0.3 is 25.6 Å². The van der Waals surface area contributed by atoms with E-state index in [1.807, 2.05) is 31.4 Å². The molecule has 5 rings (SSSR count). The number of aromatic nitrogens is 5. The summed E-state index contributed by atoms with van der Waals surface area (Å²) in [6.45, 7) is 3.55. The van der Waals surface area contributed by atoms with Gasteiger partial charge in [0, 0.05) is 31.7 Å². The van der Waals surface area contributed by atoms with E-state index in [1.54, 1.807) is 0 Å². The monoisotopic (exact) mass is 527 g/mol. The van der Waals surface area contributed by atoms with Gasteiger partial charge in [0.15, 0.2) is 22.1 Å². The summed E-state index contributed by atoms with van der Waals surface area (Å²) in [6, 6.07) is 9.94. The number of amides is 1. The van der Waals surface area contributed by atoms with E-state index in [4.69, 9.17) is 4.74 Å². The Morgan fingerprint density at radius 3 is 2.76 bits per heavy atom. The molecular weight excluding hydrogens is 494 g/mol. The third-order valence-electron chi connectivity index (χ3n) is 7.10. The van der Waals surface area contributed by atoms with Crippen molar-refractivity contribution in [1.29, 1.82) is 0 Å². The molecule has 6 atom stereocenters. The zero-order chi connectivity index (χ0) is 25.9. The van der Waals surface area contributed by atoms with Crippen LogP contribution in [0, 0.1) is 5.92 Å². The number of hydrogen-bond donors (Lipinski definition) is 4. The van der Waals surface area contributed by atoms with Gasteiger partial charge in [-0.1, -0.05) is 47.3 Å². The summed E-state index contributed by atoms with van der Waals surface area (Å²) in [5.41, 5.74) is 2.25. The van der Waals surface area contributed by atoms with E-state index in [9.17, 15) is 15.0 Å². The predicted molar refractivity (Wildman–Crippen MR) is 139 cm³/mol. The summed E-state index contributed by atoms with van der Waals surface area (Å²) in [4.78, 5) is 22.0. The Morgan fingerprint density at radius 2 is 2.00 bits per heavy atom. The van der Waals surface area contributed by atoms with E-state index < -0.39 is 24.2 Å². The van der Waals surface area contributed by atoms with Gasteiger partial charge in [0.05, 0.1) is 18.1 Å². The highest BCUT2D eigenvalue weighted by Gasteiger charge is 2.47. The number of nitrogens with zero attached hydrogens (tertiary/aromatic N) is 5. The number of aliphatic hydroxyl groups is 2. The Labute approximate surface area is 219 Å². The average molecular weight is 528 g/mol. The third kappa shape index (κ3) is 5.42. The van der Waals surface area contributed by atoms with Crippen molar-refractivity contribution < 1.29 is 19.7 Å². The maximum absolute atomic E-state index is 12.7. The summed E-state index contributed by atoms with van der Waals surface area (Å²) in [5, 5.41) is 37.1. The molecule has 37 heavy (non-hydrogen) atoms. The fourth-order valence-electron chi connectivity index (χ4n) is 5.00. The lowest BCUT2D eigenvalue weighted by Gasteiger charge is -2.17. The highest BCUT2D eigenvalue weighted by atomic mass is 32.2. The molecule has 2 aliphatic carbocycles. The Kier molecular flexibility index (Phi) is 7.89. The molecule has 0 bridgehead atoms. The quantitative estimate of drug-likeness (QED) is 0.165. The summed E-state index contributed by atoms with van der Waals surface area (Å²) in [7, 11) is 0. The summed E-state index contributed by atoms with van der Waals surface area (Å²) in [5.74, 6) is -0.0550. The number of fused-ring (bicyclic) bond motifs is 1. The molecule has 1 aromatic carbocycles. The zero-order valence-corrected chi connectivity index (χ0v) is 21.8.